The van der Waals surface area contributed by atoms with Crippen molar-refractivity contribution >= 4 is 45.9 Å². The SMILES string of the molecule is COC(=O)c1sc(NC(=O)CSc2nnc(-c3cccc(OC)c3)n2C)c(C(=O)OC)c1C. The lowest BCUT2D eigenvalue weighted by molar-refractivity contribution is -0.113. The molecule has 174 valence electrons. The second kappa shape index (κ2) is 10.5. The Kier molecular flexibility index (Phi) is 7.71. The number of thiophene rings is 1. The number of ether oxygens (including phenoxy) is 3. The number of thioether (sulfide) groups is 1. The molecule has 33 heavy (non-hydrogen) atoms. The minimum atomic E-state index is -0.655. The predicted molar refractivity (Wildman–Crippen MR) is 124 cm³/mol. The second-order valence-corrected chi connectivity index (χ2v) is 8.64. The Bertz CT molecular complexity index is 1200. The molecule has 0 unspecified atom stereocenters. The van der Waals surface area contributed by atoms with Crippen LogP contribution in [0, 0.1) is 6.92 Å². The van der Waals surface area contributed by atoms with Gasteiger partial charge in [0.05, 0.1) is 32.6 Å². The van der Waals surface area contributed by atoms with E-state index in [-0.39, 0.29) is 27.1 Å². The molecule has 0 bridgehead atoms. The Hall–Kier alpha value is -3.38. The van der Waals surface area contributed by atoms with Crippen LogP contribution in [-0.4, -0.2) is 59.7 Å². The molecular weight excluding hydrogens is 468 g/mol. The summed E-state index contributed by atoms with van der Waals surface area (Å²) in [6.07, 6.45) is 0. The molecule has 0 aliphatic rings. The van der Waals surface area contributed by atoms with Crippen LogP contribution >= 0.6 is 23.1 Å². The predicted octanol–water partition coefficient (Wildman–Crippen LogP) is 3.16. The first-order chi connectivity index (χ1) is 15.8. The van der Waals surface area contributed by atoms with Gasteiger partial charge in [-0.1, -0.05) is 23.9 Å². The van der Waals surface area contributed by atoms with E-state index in [0.717, 1.165) is 16.9 Å². The maximum Gasteiger partial charge on any atom is 0.348 e. The summed E-state index contributed by atoms with van der Waals surface area (Å²) in [6, 6.07) is 7.42. The molecule has 0 fully saturated rings. The zero-order chi connectivity index (χ0) is 24.1. The minimum Gasteiger partial charge on any atom is -0.497 e. The van der Waals surface area contributed by atoms with Crippen molar-refractivity contribution in [2.45, 2.75) is 12.1 Å². The van der Waals surface area contributed by atoms with Gasteiger partial charge in [0.1, 0.15) is 15.6 Å². The van der Waals surface area contributed by atoms with Gasteiger partial charge in [-0.05, 0) is 24.6 Å². The van der Waals surface area contributed by atoms with Crippen molar-refractivity contribution in [3.63, 3.8) is 0 Å². The van der Waals surface area contributed by atoms with Gasteiger partial charge in [-0.25, -0.2) is 9.59 Å². The fraction of sp³-hybridized carbons (Fsp3) is 0.286. The van der Waals surface area contributed by atoms with E-state index in [1.165, 1.54) is 26.0 Å². The lowest BCUT2D eigenvalue weighted by atomic mass is 10.1. The highest BCUT2D eigenvalue weighted by Gasteiger charge is 2.27. The summed E-state index contributed by atoms with van der Waals surface area (Å²) >= 11 is 2.14. The van der Waals surface area contributed by atoms with Crippen molar-refractivity contribution < 1.29 is 28.6 Å². The number of carbonyl (C=O) groups excluding carboxylic acids is 3. The molecule has 0 aliphatic heterocycles. The van der Waals surface area contributed by atoms with Crippen LogP contribution in [0.4, 0.5) is 5.00 Å². The van der Waals surface area contributed by atoms with Crippen LogP contribution in [0.15, 0.2) is 29.4 Å². The quantitative estimate of drug-likeness (QED) is 0.375. The van der Waals surface area contributed by atoms with E-state index in [1.54, 1.807) is 25.6 Å². The maximum absolute atomic E-state index is 12.6. The average Bonchev–Trinajstić information content (AvgIpc) is 3.35. The van der Waals surface area contributed by atoms with Crippen LogP contribution in [0.25, 0.3) is 11.4 Å². The van der Waals surface area contributed by atoms with Gasteiger partial charge in [0, 0.05) is 12.6 Å². The number of hydrogen-bond donors (Lipinski definition) is 1. The van der Waals surface area contributed by atoms with Crippen molar-refractivity contribution in [2.24, 2.45) is 7.05 Å². The lowest BCUT2D eigenvalue weighted by Gasteiger charge is -2.07. The zero-order valence-corrected chi connectivity index (χ0v) is 20.3. The molecule has 0 aliphatic carbocycles. The molecule has 1 amide bonds. The van der Waals surface area contributed by atoms with E-state index in [2.05, 4.69) is 15.5 Å². The molecule has 0 saturated carbocycles. The number of nitrogens with one attached hydrogen (secondary N) is 1. The van der Waals surface area contributed by atoms with Crippen molar-refractivity contribution in [1.82, 2.24) is 14.8 Å². The minimum absolute atomic E-state index is 0.00913. The molecule has 2 aromatic heterocycles. The number of rotatable bonds is 8. The number of nitrogens with zero attached hydrogens (tertiary/aromatic N) is 3. The fourth-order valence-electron chi connectivity index (χ4n) is 2.98. The van der Waals surface area contributed by atoms with Gasteiger partial charge in [0.2, 0.25) is 5.91 Å². The number of hydrogen-bond acceptors (Lipinski definition) is 10. The van der Waals surface area contributed by atoms with Crippen LogP contribution in [0.1, 0.15) is 25.6 Å². The average molecular weight is 491 g/mol. The summed E-state index contributed by atoms with van der Waals surface area (Å²) in [5.41, 5.74) is 1.34. The Morgan fingerprint density at radius 3 is 2.52 bits per heavy atom. The standard InChI is InChI=1S/C21H22N4O6S2/c1-11-15(19(27)30-4)18(33-16(11)20(28)31-5)22-14(26)10-32-21-24-23-17(25(21)2)12-7-6-8-13(9-12)29-3/h6-9H,10H2,1-5H3,(H,22,26). The Labute approximate surface area is 198 Å². The number of anilines is 1. The van der Waals surface area contributed by atoms with Gasteiger partial charge in [-0.15, -0.1) is 21.5 Å². The van der Waals surface area contributed by atoms with Gasteiger partial charge < -0.3 is 24.1 Å². The van der Waals surface area contributed by atoms with Crippen molar-refractivity contribution in [2.75, 3.05) is 32.4 Å². The third-order valence-corrected chi connectivity index (χ3v) is 6.86. The Morgan fingerprint density at radius 2 is 1.85 bits per heavy atom. The Morgan fingerprint density at radius 1 is 1.12 bits per heavy atom. The molecule has 3 rings (SSSR count). The molecule has 2 heterocycles. The van der Waals surface area contributed by atoms with E-state index < -0.39 is 11.9 Å². The van der Waals surface area contributed by atoms with Gasteiger partial charge in [-0.2, -0.15) is 0 Å². The van der Waals surface area contributed by atoms with E-state index >= 15 is 0 Å². The van der Waals surface area contributed by atoms with Gasteiger partial charge in [0.15, 0.2) is 11.0 Å². The summed E-state index contributed by atoms with van der Waals surface area (Å²) < 4.78 is 16.6. The van der Waals surface area contributed by atoms with Crippen LogP contribution in [0.2, 0.25) is 0 Å². The first-order valence-corrected chi connectivity index (χ1v) is 11.4. The smallest absolute Gasteiger partial charge is 0.348 e. The zero-order valence-electron chi connectivity index (χ0n) is 18.6. The van der Waals surface area contributed by atoms with E-state index in [0.29, 0.717) is 22.3 Å². The highest BCUT2D eigenvalue weighted by atomic mass is 32.2. The highest BCUT2D eigenvalue weighted by molar-refractivity contribution is 7.99. The number of carbonyl (C=O) groups is 3. The topological polar surface area (TPSA) is 122 Å². The largest absolute Gasteiger partial charge is 0.497 e. The summed E-state index contributed by atoms with van der Waals surface area (Å²) in [5, 5.41) is 11.8. The number of esters is 2. The Balaban J connectivity index is 1.74. The molecule has 12 heteroatoms. The molecule has 3 aromatic rings. The first-order valence-electron chi connectivity index (χ1n) is 9.57. The third-order valence-electron chi connectivity index (χ3n) is 4.66. The molecule has 1 aromatic carbocycles. The molecule has 0 spiro atoms. The summed E-state index contributed by atoms with van der Waals surface area (Å²) in [6.45, 7) is 1.60. The van der Waals surface area contributed by atoms with Gasteiger partial charge in [0.25, 0.3) is 0 Å². The molecular formula is C21H22N4O6S2. The van der Waals surface area contributed by atoms with E-state index in [9.17, 15) is 14.4 Å². The molecule has 0 saturated heterocycles. The van der Waals surface area contributed by atoms with E-state index in [1.807, 2.05) is 24.3 Å². The van der Waals surface area contributed by atoms with Gasteiger partial charge >= 0.3 is 11.9 Å². The second-order valence-electron chi connectivity index (χ2n) is 6.68. The van der Waals surface area contributed by atoms with Crippen molar-refractivity contribution in [1.29, 1.82) is 0 Å². The van der Waals surface area contributed by atoms with Crippen molar-refractivity contribution in [3.05, 3.63) is 40.3 Å². The third kappa shape index (κ3) is 5.17. The number of benzene rings is 1. The monoisotopic (exact) mass is 490 g/mol. The number of methoxy groups -OCH3 is 3. The normalized spacial score (nSPS) is 10.6. The van der Waals surface area contributed by atoms with E-state index in [4.69, 9.17) is 14.2 Å². The van der Waals surface area contributed by atoms with Crippen LogP contribution in [0.5, 0.6) is 5.75 Å². The molecule has 0 radical (unpaired) electrons. The highest BCUT2D eigenvalue weighted by Crippen LogP contribution is 2.34. The van der Waals surface area contributed by atoms with Gasteiger partial charge in [-0.3, -0.25) is 4.79 Å². The van der Waals surface area contributed by atoms with Crippen LogP contribution in [-0.2, 0) is 21.3 Å². The fourth-order valence-corrected chi connectivity index (χ4v) is 4.82. The maximum atomic E-state index is 12.6. The number of aromatic nitrogens is 3. The van der Waals surface area contributed by atoms with Crippen LogP contribution < -0.4 is 10.1 Å². The van der Waals surface area contributed by atoms with Crippen molar-refractivity contribution in [3.8, 4) is 17.1 Å². The number of amides is 1. The lowest BCUT2D eigenvalue weighted by Crippen LogP contribution is -2.16. The molecule has 10 nitrogen and oxygen atoms in total. The first kappa shape index (κ1) is 24.3. The molecule has 1 N–H and O–H groups in total. The summed E-state index contributed by atoms with van der Waals surface area (Å²) in [5.74, 6) is -0.298. The summed E-state index contributed by atoms with van der Waals surface area (Å²) in [4.78, 5) is 37.0. The van der Waals surface area contributed by atoms with Crippen LogP contribution in [0.3, 0.4) is 0 Å². The molecule has 0 atom stereocenters. The summed E-state index contributed by atoms with van der Waals surface area (Å²) in [7, 11) is 5.86.